The van der Waals surface area contributed by atoms with E-state index in [1.54, 1.807) is 0 Å². The van der Waals surface area contributed by atoms with Gasteiger partial charge in [-0.2, -0.15) is 0 Å². The van der Waals surface area contributed by atoms with Crippen LogP contribution in [0.4, 0.5) is 0 Å². The summed E-state index contributed by atoms with van der Waals surface area (Å²) in [6.07, 6.45) is 1.23. The van der Waals surface area contributed by atoms with Crippen LogP contribution in [0.2, 0.25) is 0 Å². The van der Waals surface area contributed by atoms with Crippen LogP contribution in [0.15, 0.2) is 12.7 Å². The Hall–Kier alpha value is -0.790. The molecule has 33 valence electrons. The van der Waals surface area contributed by atoms with Crippen LogP contribution in [-0.2, 0) is 9.90 Å². The van der Waals surface area contributed by atoms with Gasteiger partial charge >= 0.3 is 5.97 Å². The molecule has 1 radical (unpaired) electrons. The lowest BCUT2D eigenvalue weighted by atomic mass is 10.4. The van der Waals surface area contributed by atoms with Crippen LogP contribution >= 0.6 is 0 Å². The molecule has 0 unspecified atom stereocenters. The average molecular weight is 85.1 g/mol. The summed E-state index contributed by atoms with van der Waals surface area (Å²) < 4.78 is 0. The number of hydrogen-bond acceptors (Lipinski definition) is 1. The Bertz CT molecular complexity index is 65.9. The molecule has 0 bridgehead atoms. The quantitative estimate of drug-likeness (QED) is 0.450. The van der Waals surface area contributed by atoms with E-state index in [0.717, 1.165) is 0 Å². The molecular weight excluding hydrogens is 80.0 g/mol. The Morgan fingerprint density at radius 2 is 2.33 bits per heavy atom. The molecule has 0 aromatic rings. The summed E-state index contributed by atoms with van der Waals surface area (Å²) in [5.41, 5.74) is 0. The first-order valence-electron chi connectivity index (χ1n) is 1.58. The number of rotatable bonds is 2. The molecule has 0 aromatic carbocycles. The van der Waals surface area contributed by atoms with Crippen LogP contribution in [0, 0.1) is 0 Å². The van der Waals surface area contributed by atoms with E-state index >= 15 is 0 Å². The van der Waals surface area contributed by atoms with Gasteiger partial charge in [0.1, 0.15) is 0 Å². The van der Waals surface area contributed by atoms with Gasteiger partial charge in [-0.1, -0.05) is 6.08 Å². The average Bonchev–Trinajstić information content (AvgIpc) is 1.35. The van der Waals surface area contributed by atoms with E-state index in [0.29, 0.717) is 0 Å². The van der Waals surface area contributed by atoms with E-state index in [1.807, 2.05) is 0 Å². The van der Waals surface area contributed by atoms with E-state index in [9.17, 15) is 9.90 Å². The molecule has 0 atom stereocenters. The van der Waals surface area contributed by atoms with Crippen LogP contribution in [0.5, 0.6) is 0 Å². The summed E-state index contributed by atoms with van der Waals surface area (Å²) in [5, 5.41) is 9.42. The van der Waals surface area contributed by atoms with Gasteiger partial charge in [-0.25, -0.2) is 9.90 Å². The van der Waals surface area contributed by atoms with Crippen molar-refractivity contribution in [2.75, 3.05) is 0 Å². The van der Waals surface area contributed by atoms with Gasteiger partial charge in [0.15, 0.2) is 0 Å². The molecule has 2 nitrogen and oxygen atoms in total. The first-order valence-corrected chi connectivity index (χ1v) is 1.58. The maximum absolute atomic E-state index is 9.42. The second kappa shape index (κ2) is 2.45. The third-order valence-corrected chi connectivity index (χ3v) is 0.311. The first-order chi connectivity index (χ1) is 2.77. The van der Waals surface area contributed by atoms with Crippen LogP contribution in [0.1, 0.15) is 6.42 Å². The van der Waals surface area contributed by atoms with Crippen molar-refractivity contribution in [3.05, 3.63) is 12.7 Å². The van der Waals surface area contributed by atoms with Crippen molar-refractivity contribution in [2.24, 2.45) is 0 Å². The second-order valence-corrected chi connectivity index (χ2v) is 0.865. The normalized spacial score (nSPS) is 7.33. The Morgan fingerprint density at radius 1 is 1.83 bits per heavy atom. The number of carbonyl (C=O) groups excluding carboxylic acids is 1. The minimum absolute atomic E-state index is 0.0556. The molecule has 0 aliphatic heterocycles. The predicted octanol–water partition coefficient (Wildman–Crippen LogP) is 0.520. The fraction of sp³-hybridized carbons (Fsp3) is 0.250. The first kappa shape index (κ1) is 5.21. The smallest absolute Gasteiger partial charge is 0.247 e. The highest BCUT2D eigenvalue weighted by molar-refractivity contribution is 5.67. The van der Waals surface area contributed by atoms with E-state index in [1.165, 1.54) is 6.08 Å². The van der Waals surface area contributed by atoms with Gasteiger partial charge in [-0.15, -0.1) is 6.58 Å². The monoisotopic (exact) mass is 85.0 g/mol. The van der Waals surface area contributed by atoms with Gasteiger partial charge in [0.2, 0.25) is 0 Å². The highest BCUT2D eigenvalue weighted by Crippen LogP contribution is 1.75. The summed E-state index contributed by atoms with van der Waals surface area (Å²) in [6.45, 7) is 3.18. The zero-order valence-corrected chi connectivity index (χ0v) is 3.31. The fourth-order valence-corrected chi connectivity index (χ4v) is 0.118. The Kier molecular flexibility index (Phi) is 2.13. The summed E-state index contributed by atoms with van der Waals surface area (Å²) >= 11 is 0. The zero-order chi connectivity index (χ0) is 4.99. The largest absolute Gasteiger partial charge is 0.359 e. The summed E-state index contributed by atoms with van der Waals surface area (Å²) in [5.74, 6) is -1.08. The second-order valence-electron chi connectivity index (χ2n) is 0.865. The lowest BCUT2D eigenvalue weighted by Crippen LogP contribution is -1.85. The van der Waals surface area contributed by atoms with E-state index < -0.39 is 5.97 Å². The standard InChI is InChI=1S/C4H5O2/c1-2-3-4(5)6/h2H,1,3H2. The van der Waals surface area contributed by atoms with Crippen molar-refractivity contribution in [1.82, 2.24) is 0 Å². The van der Waals surface area contributed by atoms with Crippen molar-refractivity contribution in [1.29, 1.82) is 0 Å². The lowest BCUT2D eigenvalue weighted by molar-refractivity contribution is -0.142. The van der Waals surface area contributed by atoms with Crippen LogP contribution in [0.25, 0.3) is 0 Å². The molecule has 0 N–H and O–H groups in total. The van der Waals surface area contributed by atoms with Gasteiger partial charge in [0.25, 0.3) is 0 Å². The van der Waals surface area contributed by atoms with Crippen LogP contribution in [-0.4, -0.2) is 5.97 Å². The summed E-state index contributed by atoms with van der Waals surface area (Å²) in [6, 6.07) is 0. The summed E-state index contributed by atoms with van der Waals surface area (Å²) in [4.78, 5) is 9.42. The zero-order valence-electron chi connectivity index (χ0n) is 3.31. The minimum atomic E-state index is -1.08. The van der Waals surface area contributed by atoms with Crippen LogP contribution in [0.3, 0.4) is 0 Å². The van der Waals surface area contributed by atoms with Gasteiger partial charge in [-0.3, -0.25) is 0 Å². The van der Waals surface area contributed by atoms with E-state index in [-0.39, 0.29) is 6.42 Å². The maximum atomic E-state index is 9.42. The molecular formula is C4H5O2. The SMILES string of the molecule is C=CCC([O])=O. The molecule has 0 spiro atoms. The van der Waals surface area contributed by atoms with Crippen molar-refractivity contribution in [3.8, 4) is 0 Å². The van der Waals surface area contributed by atoms with Gasteiger partial charge in [0.05, 0.1) is 6.42 Å². The topological polar surface area (TPSA) is 37.0 Å². The lowest BCUT2D eigenvalue weighted by Gasteiger charge is -1.69. The van der Waals surface area contributed by atoms with Crippen molar-refractivity contribution >= 4 is 5.97 Å². The van der Waals surface area contributed by atoms with Crippen molar-refractivity contribution < 1.29 is 9.90 Å². The molecule has 0 aliphatic carbocycles. The Morgan fingerprint density at radius 3 is 2.33 bits per heavy atom. The van der Waals surface area contributed by atoms with Crippen LogP contribution < -0.4 is 0 Å². The predicted molar refractivity (Wildman–Crippen MR) is 20.5 cm³/mol. The highest BCUT2D eigenvalue weighted by Gasteiger charge is 1.88. The van der Waals surface area contributed by atoms with E-state index in [2.05, 4.69) is 6.58 Å². The molecule has 6 heavy (non-hydrogen) atoms. The molecule has 2 heteroatoms. The molecule has 0 rings (SSSR count). The van der Waals surface area contributed by atoms with Crippen molar-refractivity contribution in [2.45, 2.75) is 6.42 Å². The van der Waals surface area contributed by atoms with Gasteiger partial charge < -0.3 is 0 Å². The number of hydrogen-bond donors (Lipinski definition) is 0. The molecule has 0 aromatic heterocycles. The third-order valence-electron chi connectivity index (χ3n) is 0.311. The third kappa shape index (κ3) is 3.21. The Balaban J connectivity index is 3.05. The Labute approximate surface area is 36.1 Å². The maximum Gasteiger partial charge on any atom is 0.359 e. The molecule has 0 saturated carbocycles. The summed E-state index contributed by atoms with van der Waals surface area (Å²) in [7, 11) is 0. The molecule has 0 saturated heterocycles. The van der Waals surface area contributed by atoms with Gasteiger partial charge in [0, 0.05) is 0 Å². The van der Waals surface area contributed by atoms with E-state index in [4.69, 9.17) is 0 Å². The molecule has 0 aliphatic rings. The minimum Gasteiger partial charge on any atom is -0.247 e. The molecule has 0 heterocycles. The molecule has 0 fully saturated rings. The number of carbonyl (C=O) groups is 1. The van der Waals surface area contributed by atoms with Gasteiger partial charge in [-0.05, 0) is 0 Å². The molecule has 0 amide bonds. The fourth-order valence-electron chi connectivity index (χ4n) is 0.118. The van der Waals surface area contributed by atoms with Crippen molar-refractivity contribution in [3.63, 3.8) is 0 Å². The highest BCUT2D eigenvalue weighted by atomic mass is 16.4.